The molecule has 6 heteroatoms. The Morgan fingerprint density at radius 3 is 3.06 bits per heavy atom. The summed E-state index contributed by atoms with van der Waals surface area (Å²) >= 11 is 5.77. The first-order chi connectivity index (χ1) is 8.15. The van der Waals surface area contributed by atoms with E-state index in [2.05, 4.69) is 15.6 Å². The number of nitrogens with zero attached hydrogens (tertiary/aromatic N) is 1. The number of amides is 2. The molecule has 0 bridgehead atoms. The van der Waals surface area contributed by atoms with Crippen molar-refractivity contribution in [1.29, 1.82) is 0 Å². The van der Waals surface area contributed by atoms with Gasteiger partial charge in [0.25, 0.3) is 5.91 Å². The van der Waals surface area contributed by atoms with E-state index in [1.54, 1.807) is 6.07 Å². The summed E-state index contributed by atoms with van der Waals surface area (Å²) < 4.78 is 0. The highest BCUT2D eigenvalue weighted by molar-refractivity contribution is 6.30. The molecule has 0 aliphatic carbocycles. The topological polar surface area (TPSA) is 71.1 Å². The molecule has 1 saturated heterocycles. The Bertz CT molecular complexity index is 440. The maximum atomic E-state index is 11.8. The summed E-state index contributed by atoms with van der Waals surface area (Å²) in [4.78, 5) is 26.7. The Labute approximate surface area is 104 Å². The van der Waals surface area contributed by atoms with Crippen molar-refractivity contribution in [3.63, 3.8) is 0 Å². The lowest BCUT2D eigenvalue weighted by Gasteiger charge is -2.23. The van der Waals surface area contributed by atoms with E-state index in [0.717, 1.165) is 0 Å². The van der Waals surface area contributed by atoms with Gasteiger partial charge in [0.2, 0.25) is 5.91 Å². The minimum atomic E-state index is -0.270. The van der Waals surface area contributed by atoms with Gasteiger partial charge in [-0.25, -0.2) is 0 Å². The number of halogens is 1. The molecule has 0 saturated carbocycles. The Balaban J connectivity index is 1.95. The molecule has 90 valence electrons. The first-order valence-corrected chi connectivity index (χ1v) is 5.72. The van der Waals surface area contributed by atoms with Crippen molar-refractivity contribution in [2.24, 2.45) is 0 Å². The number of rotatable bonds is 2. The largest absolute Gasteiger partial charge is 0.354 e. The normalized spacial score (nSPS) is 19.6. The summed E-state index contributed by atoms with van der Waals surface area (Å²) in [7, 11) is 0. The average Bonchev–Trinajstić information content (AvgIpc) is 2.32. The highest BCUT2D eigenvalue weighted by Gasteiger charge is 2.20. The minimum Gasteiger partial charge on any atom is -0.354 e. The van der Waals surface area contributed by atoms with Crippen LogP contribution in [0.15, 0.2) is 18.3 Å². The molecule has 2 N–H and O–H groups in total. The fraction of sp³-hybridized carbons (Fsp3) is 0.364. The third-order valence-electron chi connectivity index (χ3n) is 2.56. The number of piperidine rings is 1. The number of hydrogen-bond acceptors (Lipinski definition) is 3. The van der Waals surface area contributed by atoms with E-state index < -0.39 is 0 Å². The SMILES string of the molecule is O=C1CCC(NC(=O)c2cc(Cl)ccn2)CN1. The number of hydrogen-bond donors (Lipinski definition) is 2. The van der Waals surface area contributed by atoms with Crippen LogP contribution in [-0.4, -0.2) is 29.4 Å². The number of carbonyl (C=O) groups is 2. The second-order valence-electron chi connectivity index (χ2n) is 3.87. The van der Waals surface area contributed by atoms with Crippen molar-refractivity contribution < 1.29 is 9.59 Å². The van der Waals surface area contributed by atoms with Gasteiger partial charge < -0.3 is 10.6 Å². The molecule has 2 amide bonds. The van der Waals surface area contributed by atoms with Crippen LogP contribution in [0.1, 0.15) is 23.3 Å². The fourth-order valence-corrected chi connectivity index (χ4v) is 1.80. The molecule has 1 fully saturated rings. The van der Waals surface area contributed by atoms with E-state index in [0.29, 0.717) is 24.4 Å². The van der Waals surface area contributed by atoms with Crippen LogP contribution in [0.3, 0.4) is 0 Å². The van der Waals surface area contributed by atoms with Crippen LogP contribution in [0.25, 0.3) is 0 Å². The smallest absolute Gasteiger partial charge is 0.270 e. The molecule has 0 spiro atoms. The Hall–Kier alpha value is -1.62. The molecule has 1 aromatic heterocycles. The van der Waals surface area contributed by atoms with Crippen LogP contribution in [0.4, 0.5) is 0 Å². The monoisotopic (exact) mass is 253 g/mol. The van der Waals surface area contributed by atoms with E-state index in [1.165, 1.54) is 12.3 Å². The second-order valence-corrected chi connectivity index (χ2v) is 4.31. The van der Waals surface area contributed by atoms with Crippen LogP contribution in [0.2, 0.25) is 5.02 Å². The summed E-state index contributed by atoms with van der Waals surface area (Å²) in [6, 6.07) is 3.08. The van der Waals surface area contributed by atoms with E-state index in [-0.39, 0.29) is 23.6 Å². The van der Waals surface area contributed by atoms with Crippen molar-refractivity contribution >= 4 is 23.4 Å². The van der Waals surface area contributed by atoms with Crippen LogP contribution < -0.4 is 10.6 Å². The van der Waals surface area contributed by atoms with Crippen molar-refractivity contribution in [2.75, 3.05) is 6.54 Å². The van der Waals surface area contributed by atoms with Crippen molar-refractivity contribution in [2.45, 2.75) is 18.9 Å². The molecule has 5 nitrogen and oxygen atoms in total. The first kappa shape index (κ1) is 11.9. The number of pyridine rings is 1. The highest BCUT2D eigenvalue weighted by atomic mass is 35.5. The van der Waals surface area contributed by atoms with E-state index in [1.807, 2.05) is 0 Å². The van der Waals surface area contributed by atoms with E-state index >= 15 is 0 Å². The minimum absolute atomic E-state index is 0.0244. The zero-order valence-electron chi connectivity index (χ0n) is 9.07. The van der Waals surface area contributed by atoms with Crippen LogP contribution in [0, 0.1) is 0 Å². The van der Waals surface area contributed by atoms with Crippen molar-refractivity contribution in [1.82, 2.24) is 15.6 Å². The van der Waals surface area contributed by atoms with Crippen molar-refractivity contribution in [3.8, 4) is 0 Å². The average molecular weight is 254 g/mol. The molecule has 0 radical (unpaired) electrons. The molecule has 1 aromatic rings. The number of aromatic nitrogens is 1. The predicted octanol–water partition coefficient (Wildman–Crippen LogP) is 0.743. The van der Waals surface area contributed by atoms with Gasteiger partial charge in [0, 0.05) is 30.2 Å². The van der Waals surface area contributed by atoms with Crippen molar-refractivity contribution in [3.05, 3.63) is 29.0 Å². The second kappa shape index (κ2) is 5.14. The van der Waals surface area contributed by atoms with Gasteiger partial charge in [0.05, 0.1) is 0 Å². The van der Waals surface area contributed by atoms with E-state index in [9.17, 15) is 9.59 Å². The molecular formula is C11H12ClN3O2. The van der Waals surface area contributed by atoms with Gasteiger partial charge in [-0.05, 0) is 18.6 Å². The molecule has 1 aliphatic rings. The van der Waals surface area contributed by atoms with Gasteiger partial charge >= 0.3 is 0 Å². The lowest BCUT2D eigenvalue weighted by Crippen LogP contribution is -2.47. The molecule has 1 unspecified atom stereocenters. The van der Waals surface area contributed by atoms with Gasteiger partial charge in [0.15, 0.2) is 0 Å². The maximum absolute atomic E-state index is 11.8. The van der Waals surface area contributed by atoms with Gasteiger partial charge in [-0.3, -0.25) is 14.6 Å². The molecule has 2 heterocycles. The third-order valence-corrected chi connectivity index (χ3v) is 2.79. The Morgan fingerprint density at radius 2 is 2.41 bits per heavy atom. The maximum Gasteiger partial charge on any atom is 0.270 e. The summed E-state index contributed by atoms with van der Waals surface area (Å²) in [5.41, 5.74) is 0.286. The number of carbonyl (C=O) groups excluding carboxylic acids is 2. The lowest BCUT2D eigenvalue weighted by molar-refractivity contribution is -0.122. The predicted molar refractivity (Wildman–Crippen MR) is 62.7 cm³/mol. The van der Waals surface area contributed by atoms with Gasteiger partial charge in [-0.1, -0.05) is 11.6 Å². The van der Waals surface area contributed by atoms with Crippen LogP contribution in [-0.2, 0) is 4.79 Å². The molecule has 2 rings (SSSR count). The quantitative estimate of drug-likeness (QED) is 0.817. The standard InChI is InChI=1S/C11H12ClN3O2/c12-7-3-4-13-9(5-7)11(17)15-8-1-2-10(16)14-6-8/h3-5,8H,1-2,6H2,(H,14,16)(H,15,17). The van der Waals surface area contributed by atoms with Gasteiger partial charge in [0.1, 0.15) is 5.69 Å². The zero-order valence-corrected chi connectivity index (χ0v) is 9.83. The Kier molecular flexibility index (Phi) is 3.58. The summed E-state index contributed by atoms with van der Waals surface area (Å²) in [6.45, 7) is 0.463. The van der Waals surface area contributed by atoms with Gasteiger partial charge in [-0.15, -0.1) is 0 Å². The summed E-state index contributed by atoms with van der Waals surface area (Å²) in [5, 5.41) is 5.98. The van der Waals surface area contributed by atoms with Crippen LogP contribution in [0.5, 0.6) is 0 Å². The fourth-order valence-electron chi connectivity index (χ4n) is 1.64. The van der Waals surface area contributed by atoms with E-state index in [4.69, 9.17) is 11.6 Å². The highest BCUT2D eigenvalue weighted by Crippen LogP contribution is 2.09. The molecule has 17 heavy (non-hydrogen) atoms. The summed E-state index contributed by atoms with van der Waals surface area (Å²) in [6.07, 6.45) is 2.58. The third kappa shape index (κ3) is 3.17. The Morgan fingerprint density at radius 1 is 1.59 bits per heavy atom. The van der Waals surface area contributed by atoms with Crippen LogP contribution >= 0.6 is 11.6 Å². The lowest BCUT2D eigenvalue weighted by atomic mass is 10.1. The van der Waals surface area contributed by atoms with Gasteiger partial charge in [-0.2, -0.15) is 0 Å². The zero-order chi connectivity index (χ0) is 12.3. The molecule has 0 aromatic carbocycles. The number of nitrogens with one attached hydrogen (secondary N) is 2. The molecular weight excluding hydrogens is 242 g/mol. The molecule has 1 atom stereocenters. The molecule has 1 aliphatic heterocycles. The first-order valence-electron chi connectivity index (χ1n) is 5.34. The summed E-state index contributed by atoms with van der Waals surface area (Å²) in [5.74, 6) is -0.245.